The molecule has 0 radical (unpaired) electrons. The zero-order valence-corrected chi connectivity index (χ0v) is 19.3. The van der Waals surface area contributed by atoms with Crippen LogP contribution in [0.15, 0.2) is 53.6 Å². The number of benzene rings is 2. The summed E-state index contributed by atoms with van der Waals surface area (Å²) in [6, 6.07) is 11.6. The molecule has 0 aliphatic rings. The number of aliphatic carboxylic acids is 1. The smallest absolute Gasteiger partial charge is 0.428 e. The average molecular weight is 469 g/mol. The molecule has 2 aromatic carbocycles. The first kappa shape index (κ1) is 26.0. The summed E-state index contributed by atoms with van der Waals surface area (Å²) in [4.78, 5) is 47.2. The SMILES string of the molecule is C[C@H](NC(=O)c1ccc(C=NNC(=O)OC(C)(C)C)cc1)C(=O)c1ccc(OCC(=O)O)cc1. The van der Waals surface area contributed by atoms with Gasteiger partial charge < -0.3 is 19.9 Å². The van der Waals surface area contributed by atoms with Crippen molar-refractivity contribution in [2.75, 3.05) is 6.61 Å². The van der Waals surface area contributed by atoms with Crippen LogP contribution in [-0.2, 0) is 9.53 Å². The fraction of sp³-hybridized carbons (Fsp3) is 0.292. The van der Waals surface area contributed by atoms with E-state index in [1.807, 2.05) is 0 Å². The van der Waals surface area contributed by atoms with E-state index < -0.39 is 36.2 Å². The highest BCUT2D eigenvalue weighted by molar-refractivity contribution is 6.04. The summed E-state index contributed by atoms with van der Waals surface area (Å²) in [5, 5.41) is 15.1. The molecule has 0 heterocycles. The number of rotatable bonds is 9. The summed E-state index contributed by atoms with van der Waals surface area (Å²) < 4.78 is 10.1. The van der Waals surface area contributed by atoms with E-state index in [9.17, 15) is 19.2 Å². The summed E-state index contributed by atoms with van der Waals surface area (Å²) in [6.07, 6.45) is 0.725. The molecular weight excluding hydrogens is 442 g/mol. The van der Waals surface area contributed by atoms with Gasteiger partial charge in [0.15, 0.2) is 12.4 Å². The number of ether oxygens (including phenoxy) is 2. The molecule has 0 aromatic heterocycles. The molecule has 0 aliphatic carbocycles. The van der Waals surface area contributed by atoms with Gasteiger partial charge in [-0.3, -0.25) is 9.59 Å². The molecule has 10 heteroatoms. The van der Waals surface area contributed by atoms with Gasteiger partial charge in [-0.25, -0.2) is 15.0 Å². The van der Waals surface area contributed by atoms with Gasteiger partial charge in [0.2, 0.25) is 0 Å². The standard InChI is InChI=1S/C24H27N3O7/c1-15(21(30)17-9-11-19(12-10-17)33-14-20(28)29)26-22(31)18-7-5-16(6-8-18)13-25-27-23(32)34-24(2,3)4/h5-13,15H,14H2,1-4H3,(H,26,31)(H,27,32)(H,28,29)/t15-/m0/s1. The van der Waals surface area contributed by atoms with E-state index in [2.05, 4.69) is 15.8 Å². The number of hydrogen-bond donors (Lipinski definition) is 3. The van der Waals surface area contributed by atoms with Crippen LogP contribution in [0.25, 0.3) is 0 Å². The maximum atomic E-state index is 12.6. The Morgan fingerprint density at radius 1 is 1.00 bits per heavy atom. The van der Waals surface area contributed by atoms with E-state index >= 15 is 0 Å². The third-order valence-corrected chi connectivity index (χ3v) is 4.18. The van der Waals surface area contributed by atoms with Gasteiger partial charge in [-0.15, -0.1) is 0 Å². The fourth-order valence-corrected chi connectivity index (χ4v) is 2.64. The molecule has 2 rings (SSSR count). The highest BCUT2D eigenvalue weighted by Crippen LogP contribution is 2.14. The number of hydrogen-bond acceptors (Lipinski definition) is 7. The largest absolute Gasteiger partial charge is 0.482 e. The van der Waals surface area contributed by atoms with Crippen LogP contribution in [-0.4, -0.2) is 53.3 Å². The number of nitrogens with zero attached hydrogens (tertiary/aromatic N) is 1. The van der Waals surface area contributed by atoms with Gasteiger partial charge in [-0.2, -0.15) is 5.10 Å². The van der Waals surface area contributed by atoms with Crippen molar-refractivity contribution in [3.8, 4) is 5.75 Å². The summed E-state index contributed by atoms with van der Waals surface area (Å²) in [6.45, 7) is 6.31. The Bertz CT molecular complexity index is 1060. The zero-order valence-electron chi connectivity index (χ0n) is 19.3. The Morgan fingerprint density at radius 2 is 1.59 bits per heavy atom. The van der Waals surface area contributed by atoms with E-state index in [1.54, 1.807) is 52.0 Å². The number of amides is 2. The third kappa shape index (κ3) is 8.73. The fourth-order valence-electron chi connectivity index (χ4n) is 2.64. The molecule has 3 N–H and O–H groups in total. The minimum Gasteiger partial charge on any atom is -0.482 e. The van der Waals surface area contributed by atoms with E-state index in [0.717, 1.165) is 0 Å². The van der Waals surface area contributed by atoms with Crippen LogP contribution in [0.4, 0.5) is 4.79 Å². The lowest BCUT2D eigenvalue weighted by molar-refractivity contribution is -0.139. The van der Waals surface area contributed by atoms with Crippen molar-refractivity contribution in [3.05, 3.63) is 65.2 Å². The normalized spacial score (nSPS) is 12.0. The number of carboxylic acid groups (broad SMARTS) is 1. The van der Waals surface area contributed by atoms with Crippen molar-refractivity contribution < 1.29 is 33.8 Å². The topological polar surface area (TPSA) is 143 Å². The van der Waals surface area contributed by atoms with Gasteiger partial charge >= 0.3 is 12.1 Å². The Morgan fingerprint density at radius 3 is 2.15 bits per heavy atom. The summed E-state index contributed by atoms with van der Waals surface area (Å²) in [7, 11) is 0. The van der Waals surface area contributed by atoms with Gasteiger partial charge in [0.05, 0.1) is 12.3 Å². The molecule has 0 aliphatic heterocycles. The van der Waals surface area contributed by atoms with E-state index in [0.29, 0.717) is 22.4 Å². The first-order valence-corrected chi connectivity index (χ1v) is 10.4. The Kier molecular flexibility index (Phi) is 8.88. The van der Waals surface area contributed by atoms with Gasteiger partial charge in [-0.05, 0) is 69.7 Å². The zero-order chi connectivity index (χ0) is 25.3. The van der Waals surface area contributed by atoms with Gasteiger partial charge in [-0.1, -0.05) is 12.1 Å². The number of Topliss-reactive ketones (excluding diaryl/α,β-unsaturated/α-hetero) is 1. The van der Waals surface area contributed by atoms with Gasteiger partial charge in [0.1, 0.15) is 11.4 Å². The Hall–Kier alpha value is -4.21. The average Bonchev–Trinajstić information content (AvgIpc) is 2.76. The lowest BCUT2D eigenvalue weighted by atomic mass is 10.0. The molecule has 0 saturated heterocycles. The van der Waals surface area contributed by atoms with Crippen molar-refractivity contribution >= 4 is 30.0 Å². The second-order valence-corrected chi connectivity index (χ2v) is 8.26. The minimum atomic E-state index is -1.10. The van der Waals surface area contributed by atoms with Crippen LogP contribution in [0.1, 0.15) is 54.0 Å². The predicted molar refractivity (Wildman–Crippen MR) is 124 cm³/mol. The first-order valence-electron chi connectivity index (χ1n) is 10.4. The molecule has 10 nitrogen and oxygen atoms in total. The summed E-state index contributed by atoms with van der Waals surface area (Å²) in [5.74, 6) is -1.53. The molecular formula is C24H27N3O7. The monoisotopic (exact) mass is 469 g/mol. The van der Waals surface area contributed by atoms with Crippen LogP contribution >= 0.6 is 0 Å². The van der Waals surface area contributed by atoms with Crippen LogP contribution < -0.4 is 15.5 Å². The van der Waals surface area contributed by atoms with Crippen LogP contribution in [0.5, 0.6) is 5.75 Å². The van der Waals surface area contributed by atoms with Crippen LogP contribution in [0.3, 0.4) is 0 Å². The molecule has 2 amide bonds. The van der Waals surface area contributed by atoms with E-state index in [-0.39, 0.29) is 5.78 Å². The molecule has 180 valence electrons. The Balaban J connectivity index is 1.89. The van der Waals surface area contributed by atoms with Gasteiger partial charge in [0.25, 0.3) is 5.91 Å². The van der Waals surface area contributed by atoms with Crippen molar-refractivity contribution in [1.29, 1.82) is 0 Å². The minimum absolute atomic E-state index is 0.310. The molecule has 34 heavy (non-hydrogen) atoms. The molecule has 0 fully saturated rings. The van der Waals surface area contributed by atoms with Crippen LogP contribution in [0, 0.1) is 0 Å². The highest BCUT2D eigenvalue weighted by Gasteiger charge is 2.19. The Labute approximate surface area is 197 Å². The van der Waals surface area contributed by atoms with Crippen molar-refractivity contribution in [2.45, 2.75) is 39.3 Å². The number of carbonyl (C=O) groups is 4. The number of carboxylic acids is 1. The second kappa shape index (κ2) is 11.6. The maximum Gasteiger partial charge on any atom is 0.428 e. The second-order valence-electron chi connectivity index (χ2n) is 8.26. The molecule has 1 atom stereocenters. The molecule has 0 saturated carbocycles. The molecule has 2 aromatic rings. The molecule has 0 spiro atoms. The first-order chi connectivity index (χ1) is 15.9. The molecule has 0 unspecified atom stereocenters. The van der Waals surface area contributed by atoms with Crippen molar-refractivity contribution in [3.63, 3.8) is 0 Å². The van der Waals surface area contributed by atoms with Crippen LogP contribution in [0.2, 0.25) is 0 Å². The van der Waals surface area contributed by atoms with E-state index in [1.165, 1.54) is 30.5 Å². The predicted octanol–water partition coefficient (Wildman–Crippen LogP) is 3.01. The van der Waals surface area contributed by atoms with Crippen molar-refractivity contribution in [1.82, 2.24) is 10.7 Å². The maximum absolute atomic E-state index is 12.6. The third-order valence-electron chi connectivity index (χ3n) is 4.18. The van der Waals surface area contributed by atoms with Gasteiger partial charge in [0, 0.05) is 11.1 Å². The summed E-state index contributed by atoms with van der Waals surface area (Å²) >= 11 is 0. The molecule has 0 bridgehead atoms. The highest BCUT2D eigenvalue weighted by atomic mass is 16.6. The number of carbonyl (C=O) groups excluding carboxylic acids is 3. The summed E-state index contributed by atoms with van der Waals surface area (Å²) in [5.41, 5.74) is 2.95. The number of ketones is 1. The number of hydrazone groups is 1. The van der Waals surface area contributed by atoms with Crippen molar-refractivity contribution in [2.24, 2.45) is 5.10 Å². The quantitative estimate of drug-likeness (QED) is 0.291. The lowest BCUT2D eigenvalue weighted by Crippen LogP contribution is -2.38. The lowest BCUT2D eigenvalue weighted by Gasteiger charge is -2.18. The van der Waals surface area contributed by atoms with E-state index in [4.69, 9.17) is 14.6 Å². The number of nitrogens with one attached hydrogen (secondary N) is 2.